The van der Waals surface area contributed by atoms with Gasteiger partial charge in [0.25, 0.3) is 5.91 Å². The van der Waals surface area contributed by atoms with E-state index in [0.717, 1.165) is 12.3 Å². The van der Waals surface area contributed by atoms with Crippen molar-refractivity contribution in [3.8, 4) is 0 Å². The standard InChI is InChI=1S/C11H12N2O5/c12-9(14)7-2-1-3-13(7)10(15)8-4-6(5-18-8)11(16)17/h4-5,7H,1-3H2,(H2,12,14)(H,16,17). The second kappa shape index (κ2) is 4.52. The second-order valence-electron chi connectivity index (χ2n) is 4.06. The van der Waals surface area contributed by atoms with Gasteiger partial charge in [0.2, 0.25) is 5.91 Å². The average molecular weight is 252 g/mol. The van der Waals surface area contributed by atoms with Crippen LogP contribution in [0.5, 0.6) is 0 Å². The van der Waals surface area contributed by atoms with Crippen molar-refractivity contribution in [2.75, 3.05) is 6.54 Å². The van der Waals surface area contributed by atoms with Crippen molar-refractivity contribution < 1.29 is 23.9 Å². The monoisotopic (exact) mass is 252 g/mol. The molecule has 1 aliphatic rings. The molecule has 1 atom stereocenters. The molecule has 1 saturated heterocycles. The maximum atomic E-state index is 12.0. The summed E-state index contributed by atoms with van der Waals surface area (Å²) < 4.78 is 4.90. The summed E-state index contributed by atoms with van der Waals surface area (Å²) in [5, 5.41) is 8.73. The SMILES string of the molecule is NC(=O)C1CCCN1C(=O)c1cc(C(=O)O)co1. The average Bonchev–Trinajstić information content (AvgIpc) is 2.97. The lowest BCUT2D eigenvalue weighted by molar-refractivity contribution is -0.121. The van der Waals surface area contributed by atoms with Gasteiger partial charge in [0.1, 0.15) is 12.3 Å². The fraction of sp³-hybridized carbons (Fsp3) is 0.364. The van der Waals surface area contributed by atoms with Crippen LogP contribution in [-0.4, -0.2) is 40.4 Å². The molecule has 1 aliphatic heterocycles. The highest BCUT2D eigenvalue weighted by atomic mass is 16.4. The van der Waals surface area contributed by atoms with Crippen LogP contribution in [-0.2, 0) is 4.79 Å². The molecule has 3 N–H and O–H groups in total. The number of nitrogens with zero attached hydrogens (tertiary/aromatic N) is 1. The molecule has 18 heavy (non-hydrogen) atoms. The van der Waals surface area contributed by atoms with Gasteiger partial charge in [-0.15, -0.1) is 0 Å². The van der Waals surface area contributed by atoms with Gasteiger partial charge in [0.05, 0.1) is 5.56 Å². The molecule has 7 heteroatoms. The molecular formula is C11H12N2O5. The minimum absolute atomic E-state index is 0.0967. The number of aromatic carboxylic acids is 1. The van der Waals surface area contributed by atoms with E-state index in [1.54, 1.807) is 0 Å². The Morgan fingerprint density at radius 1 is 1.44 bits per heavy atom. The maximum absolute atomic E-state index is 12.0. The molecule has 1 aromatic heterocycles. The highest BCUT2D eigenvalue weighted by Crippen LogP contribution is 2.20. The number of amides is 2. The van der Waals surface area contributed by atoms with Gasteiger partial charge in [-0.3, -0.25) is 9.59 Å². The van der Waals surface area contributed by atoms with Crippen LogP contribution in [0.25, 0.3) is 0 Å². The van der Waals surface area contributed by atoms with Crippen LogP contribution in [0.3, 0.4) is 0 Å². The molecule has 0 spiro atoms. The number of carbonyl (C=O) groups excluding carboxylic acids is 2. The number of nitrogens with two attached hydrogens (primary N) is 1. The summed E-state index contributed by atoms with van der Waals surface area (Å²) in [6, 6.07) is 0.497. The van der Waals surface area contributed by atoms with Crippen LogP contribution in [0.4, 0.5) is 0 Å². The van der Waals surface area contributed by atoms with E-state index < -0.39 is 23.8 Å². The van der Waals surface area contributed by atoms with E-state index in [4.69, 9.17) is 15.3 Å². The largest absolute Gasteiger partial charge is 0.478 e. The number of likely N-dealkylation sites (tertiary alicyclic amines) is 1. The molecule has 7 nitrogen and oxygen atoms in total. The molecule has 1 fully saturated rings. The van der Waals surface area contributed by atoms with Crippen molar-refractivity contribution in [2.45, 2.75) is 18.9 Å². The van der Waals surface area contributed by atoms with Gasteiger partial charge < -0.3 is 20.2 Å². The molecule has 0 saturated carbocycles. The third-order valence-electron chi connectivity index (χ3n) is 2.90. The predicted molar refractivity (Wildman–Crippen MR) is 58.9 cm³/mol. The number of carbonyl (C=O) groups is 3. The normalized spacial score (nSPS) is 18.9. The highest BCUT2D eigenvalue weighted by molar-refractivity contribution is 5.98. The number of carboxylic acids is 1. The Bertz CT molecular complexity index is 507. The summed E-state index contributed by atoms with van der Waals surface area (Å²) in [5.41, 5.74) is 5.10. The molecule has 1 aromatic rings. The molecule has 2 amide bonds. The minimum Gasteiger partial charge on any atom is -0.478 e. The fourth-order valence-corrected chi connectivity index (χ4v) is 2.01. The lowest BCUT2D eigenvalue weighted by atomic mass is 10.2. The van der Waals surface area contributed by atoms with Crippen LogP contribution in [0.2, 0.25) is 0 Å². The van der Waals surface area contributed by atoms with Crippen molar-refractivity contribution in [3.63, 3.8) is 0 Å². The van der Waals surface area contributed by atoms with Gasteiger partial charge in [-0.1, -0.05) is 0 Å². The Morgan fingerprint density at radius 3 is 2.72 bits per heavy atom. The molecule has 0 bridgehead atoms. The summed E-state index contributed by atoms with van der Waals surface area (Å²) in [6.07, 6.45) is 2.20. The van der Waals surface area contributed by atoms with Crippen molar-refractivity contribution in [1.29, 1.82) is 0 Å². The van der Waals surface area contributed by atoms with E-state index in [0.29, 0.717) is 19.4 Å². The van der Waals surface area contributed by atoms with Gasteiger partial charge in [0.15, 0.2) is 5.76 Å². The zero-order chi connectivity index (χ0) is 13.3. The quantitative estimate of drug-likeness (QED) is 0.789. The number of hydrogen-bond donors (Lipinski definition) is 2. The lowest BCUT2D eigenvalue weighted by Gasteiger charge is -2.20. The smallest absolute Gasteiger partial charge is 0.338 e. The number of primary amides is 1. The van der Waals surface area contributed by atoms with Crippen molar-refractivity contribution in [3.05, 3.63) is 23.7 Å². The first-order valence-corrected chi connectivity index (χ1v) is 5.43. The molecule has 0 aromatic carbocycles. The highest BCUT2D eigenvalue weighted by Gasteiger charge is 2.34. The topological polar surface area (TPSA) is 114 Å². The van der Waals surface area contributed by atoms with E-state index in [1.165, 1.54) is 4.90 Å². The molecule has 1 unspecified atom stereocenters. The molecule has 2 heterocycles. The summed E-state index contributed by atoms with van der Waals surface area (Å²) in [4.78, 5) is 35.2. The first-order chi connectivity index (χ1) is 8.50. The van der Waals surface area contributed by atoms with Gasteiger partial charge in [-0.05, 0) is 12.8 Å². The van der Waals surface area contributed by atoms with E-state index in [2.05, 4.69) is 0 Å². The third-order valence-corrected chi connectivity index (χ3v) is 2.90. The Morgan fingerprint density at radius 2 is 2.17 bits per heavy atom. The van der Waals surface area contributed by atoms with Crippen LogP contribution in [0, 0.1) is 0 Å². The Balaban J connectivity index is 2.20. The summed E-state index contributed by atoms with van der Waals surface area (Å²) in [6.45, 7) is 0.412. The van der Waals surface area contributed by atoms with E-state index >= 15 is 0 Å². The van der Waals surface area contributed by atoms with Crippen molar-refractivity contribution >= 4 is 17.8 Å². The first kappa shape index (κ1) is 12.2. The molecule has 0 radical (unpaired) electrons. The van der Waals surface area contributed by atoms with E-state index in [9.17, 15) is 14.4 Å². The number of furan rings is 1. The number of hydrogen-bond acceptors (Lipinski definition) is 4. The van der Waals surface area contributed by atoms with Gasteiger partial charge in [-0.25, -0.2) is 4.79 Å². The first-order valence-electron chi connectivity index (χ1n) is 5.43. The van der Waals surface area contributed by atoms with Crippen molar-refractivity contribution in [1.82, 2.24) is 4.90 Å². The predicted octanol–water partition coefficient (Wildman–Crippen LogP) is 0.0677. The zero-order valence-corrected chi connectivity index (χ0v) is 9.46. The van der Waals surface area contributed by atoms with Gasteiger partial charge in [0, 0.05) is 12.6 Å². The Labute approximate surface area is 102 Å². The minimum atomic E-state index is -1.18. The number of rotatable bonds is 3. The summed E-state index contributed by atoms with van der Waals surface area (Å²) >= 11 is 0. The van der Waals surface area contributed by atoms with E-state index in [-0.39, 0.29) is 11.3 Å². The van der Waals surface area contributed by atoms with Crippen LogP contribution in [0.15, 0.2) is 16.7 Å². The molecule has 2 rings (SSSR count). The van der Waals surface area contributed by atoms with Gasteiger partial charge >= 0.3 is 5.97 Å². The summed E-state index contributed by atoms with van der Waals surface area (Å²) in [5.74, 6) is -2.35. The van der Waals surface area contributed by atoms with E-state index in [1.807, 2.05) is 0 Å². The molecule has 0 aliphatic carbocycles. The van der Waals surface area contributed by atoms with Crippen LogP contribution < -0.4 is 5.73 Å². The van der Waals surface area contributed by atoms with Crippen molar-refractivity contribution in [2.24, 2.45) is 5.73 Å². The van der Waals surface area contributed by atoms with Crippen LogP contribution >= 0.6 is 0 Å². The summed E-state index contributed by atoms with van der Waals surface area (Å²) in [7, 11) is 0. The third kappa shape index (κ3) is 2.06. The lowest BCUT2D eigenvalue weighted by Crippen LogP contribution is -2.43. The molecular weight excluding hydrogens is 240 g/mol. The maximum Gasteiger partial charge on any atom is 0.338 e. The Kier molecular flexibility index (Phi) is 3.05. The zero-order valence-electron chi connectivity index (χ0n) is 9.46. The number of carboxylic acid groups (broad SMARTS) is 1. The second-order valence-corrected chi connectivity index (χ2v) is 4.06. The Hall–Kier alpha value is -2.31. The fourth-order valence-electron chi connectivity index (χ4n) is 2.01. The van der Waals surface area contributed by atoms with Gasteiger partial charge in [-0.2, -0.15) is 0 Å². The molecule has 96 valence electrons. The van der Waals surface area contributed by atoms with Crippen LogP contribution in [0.1, 0.15) is 33.8 Å².